The number of thioether (sulfide) groups is 1. The molecule has 1 aliphatic heterocycles. The minimum Gasteiger partial charge on any atom is -0.305 e. The number of sulfonamides is 1. The van der Waals surface area contributed by atoms with Gasteiger partial charge in [0, 0.05) is 29.2 Å². The summed E-state index contributed by atoms with van der Waals surface area (Å²) in [6.07, 6.45) is 2.77. The van der Waals surface area contributed by atoms with Gasteiger partial charge in [0.25, 0.3) is 15.9 Å². The van der Waals surface area contributed by atoms with Gasteiger partial charge in [-0.3, -0.25) is 9.10 Å². The molecule has 0 aromatic heterocycles. The predicted octanol–water partition coefficient (Wildman–Crippen LogP) is 4.83. The Labute approximate surface area is 187 Å². The largest absolute Gasteiger partial charge is 0.305 e. The van der Waals surface area contributed by atoms with Gasteiger partial charge in [-0.2, -0.15) is 0 Å². The number of hydrogen-bond acceptors (Lipinski definition) is 4. The lowest BCUT2D eigenvalue weighted by molar-refractivity contribution is 0.0981. The minimum absolute atomic E-state index is 0.0804. The van der Waals surface area contributed by atoms with Crippen molar-refractivity contribution < 1.29 is 13.2 Å². The molecule has 1 atom stereocenters. The molecule has 0 saturated carbocycles. The Balaban J connectivity index is 1.57. The fraction of sp³-hybridized carbons (Fsp3) is 0.208. The van der Waals surface area contributed by atoms with E-state index in [0.29, 0.717) is 11.3 Å². The molecule has 7 heteroatoms. The first-order valence-corrected chi connectivity index (χ1v) is 12.6. The molecule has 0 unspecified atom stereocenters. The van der Waals surface area contributed by atoms with E-state index in [1.165, 1.54) is 16.9 Å². The van der Waals surface area contributed by atoms with Crippen LogP contribution in [0.2, 0.25) is 0 Å². The first-order valence-electron chi connectivity index (χ1n) is 9.97. The summed E-state index contributed by atoms with van der Waals surface area (Å²) in [5.74, 6) is -0.0813. The average Bonchev–Trinajstić information content (AvgIpc) is 3.13. The zero-order valence-electron chi connectivity index (χ0n) is 17.6. The minimum atomic E-state index is -3.69. The van der Waals surface area contributed by atoms with E-state index in [9.17, 15) is 13.2 Å². The van der Waals surface area contributed by atoms with Crippen LogP contribution in [0.1, 0.15) is 22.8 Å². The number of rotatable bonds is 5. The van der Waals surface area contributed by atoms with Crippen LogP contribution in [0.15, 0.2) is 82.6 Å². The van der Waals surface area contributed by atoms with Gasteiger partial charge in [-0.15, -0.1) is 11.8 Å². The van der Waals surface area contributed by atoms with Crippen LogP contribution in [0.3, 0.4) is 0 Å². The van der Waals surface area contributed by atoms with E-state index >= 15 is 0 Å². The summed E-state index contributed by atoms with van der Waals surface area (Å²) in [4.78, 5) is 16.2. The lowest BCUT2D eigenvalue weighted by Crippen LogP contribution is -2.35. The lowest BCUT2D eigenvalue weighted by atomic mass is 10.1. The Bertz CT molecular complexity index is 1210. The maximum atomic E-state index is 13.2. The van der Waals surface area contributed by atoms with Crippen LogP contribution in [-0.4, -0.2) is 33.7 Å². The van der Waals surface area contributed by atoms with Crippen molar-refractivity contribution in [1.29, 1.82) is 0 Å². The lowest BCUT2D eigenvalue weighted by Gasteiger charge is -2.23. The number of fused-ring (bicyclic) bond motifs is 1. The Morgan fingerprint density at radius 2 is 1.65 bits per heavy atom. The summed E-state index contributed by atoms with van der Waals surface area (Å²) in [7, 11) is -2.16. The molecule has 0 saturated heterocycles. The number of carbonyl (C=O) groups excluding carboxylic acids is 1. The fourth-order valence-corrected chi connectivity index (χ4v) is 5.48. The van der Waals surface area contributed by atoms with Crippen molar-refractivity contribution in [3.05, 3.63) is 83.9 Å². The van der Waals surface area contributed by atoms with Crippen LogP contribution in [-0.2, 0) is 16.4 Å². The molecule has 5 nitrogen and oxygen atoms in total. The predicted molar refractivity (Wildman–Crippen MR) is 127 cm³/mol. The number of anilines is 2. The van der Waals surface area contributed by atoms with E-state index in [1.54, 1.807) is 60.3 Å². The molecule has 31 heavy (non-hydrogen) atoms. The van der Waals surface area contributed by atoms with Gasteiger partial charge in [-0.1, -0.05) is 18.2 Å². The van der Waals surface area contributed by atoms with E-state index in [4.69, 9.17) is 0 Å². The van der Waals surface area contributed by atoms with Crippen LogP contribution in [0, 0.1) is 0 Å². The maximum absolute atomic E-state index is 13.2. The molecule has 3 aromatic rings. The monoisotopic (exact) mass is 452 g/mol. The van der Waals surface area contributed by atoms with E-state index in [0.717, 1.165) is 17.0 Å². The Morgan fingerprint density at radius 3 is 2.29 bits per heavy atom. The third-order valence-corrected chi connectivity index (χ3v) is 8.17. The fourth-order valence-electron chi connectivity index (χ4n) is 3.87. The van der Waals surface area contributed by atoms with Gasteiger partial charge in [0.05, 0.1) is 10.6 Å². The molecule has 0 bridgehead atoms. The van der Waals surface area contributed by atoms with Crippen molar-refractivity contribution >= 4 is 39.1 Å². The highest BCUT2D eigenvalue weighted by molar-refractivity contribution is 7.98. The normalized spacial score (nSPS) is 15.6. The highest BCUT2D eigenvalue weighted by Crippen LogP contribution is 2.33. The van der Waals surface area contributed by atoms with Crippen molar-refractivity contribution in [2.45, 2.75) is 29.2 Å². The third kappa shape index (κ3) is 3.95. The van der Waals surface area contributed by atoms with Gasteiger partial charge in [-0.05, 0) is 79.8 Å². The van der Waals surface area contributed by atoms with Gasteiger partial charge in [-0.25, -0.2) is 8.42 Å². The molecule has 160 valence electrons. The molecule has 0 spiro atoms. The van der Waals surface area contributed by atoms with Crippen LogP contribution in [0.25, 0.3) is 0 Å². The van der Waals surface area contributed by atoms with Crippen molar-refractivity contribution in [3.63, 3.8) is 0 Å². The maximum Gasteiger partial charge on any atom is 0.264 e. The summed E-state index contributed by atoms with van der Waals surface area (Å²) in [5, 5.41) is 0. The average molecular weight is 453 g/mol. The molecule has 1 aliphatic rings. The number of benzene rings is 3. The number of amides is 1. The van der Waals surface area contributed by atoms with Gasteiger partial charge in [0.2, 0.25) is 0 Å². The molecule has 3 aromatic carbocycles. The quantitative estimate of drug-likeness (QED) is 0.521. The van der Waals surface area contributed by atoms with E-state index in [2.05, 4.69) is 0 Å². The van der Waals surface area contributed by atoms with Crippen LogP contribution in [0.5, 0.6) is 0 Å². The number of nitrogens with zero attached hydrogens (tertiary/aromatic N) is 2. The third-order valence-electron chi connectivity index (χ3n) is 5.62. The molecule has 0 radical (unpaired) electrons. The van der Waals surface area contributed by atoms with Gasteiger partial charge < -0.3 is 4.90 Å². The Kier molecular flexibility index (Phi) is 5.81. The van der Waals surface area contributed by atoms with E-state index in [1.807, 2.05) is 42.3 Å². The molecule has 1 heterocycles. The van der Waals surface area contributed by atoms with Gasteiger partial charge in [0.15, 0.2) is 0 Å². The van der Waals surface area contributed by atoms with Crippen LogP contribution < -0.4 is 9.21 Å². The summed E-state index contributed by atoms with van der Waals surface area (Å²) < 4.78 is 27.2. The first kappa shape index (κ1) is 21.5. The SMILES string of the molecule is CSc1ccc(S(=O)(=O)N(C)c2ccc(C(=O)N3c4ccccc4C[C@@H]3C)cc2)cc1. The Morgan fingerprint density at radius 1 is 1.00 bits per heavy atom. The summed E-state index contributed by atoms with van der Waals surface area (Å²) in [6, 6.07) is 21.6. The molecular weight excluding hydrogens is 428 g/mol. The topological polar surface area (TPSA) is 57.7 Å². The summed E-state index contributed by atoms with van der Waals surface area (Å²) in [5.41, 5.74) is 3.14. The molecule has 0 aliphatic carbocycles. The second kappa shape index (κ2) is 8.40. The zero-order valence-corrected chi connectivity index (χ0v) is 19.3. The van der Waals surface area contributed by atoms with Crippen molar-refractivity contribution in [2.75, 3.05) is 22.5 Å². The standard InChI is InChI=1S/C24H24N2O3S2/c1-17-16-19-6-4-5-7-23(19)26(17)24(27)18-8-10-20(11-9-18)25(2)31(28,29)22-14-12-21(30-3)13-15-22/h4-15,17H,16H2,1-3H3/t17-/m0/s1. The van der Waals surface area contributed by atoms with E-state index < -0.39 is 10.0 Å². The van der Waals surface area contributed by atoms with Crippen LogP contribution in [0.4, 0.5) is 11.4 Å². The summed E-state index contributed by atoms with van der Waals surface area (Å²) >= 11 is 1.56. The number of hydrogen-bond donors (Lipinski definition) is 0. The molecular formula is C24H24N2O3S2. The highest BCUT2D eigenvalue weighted by atomic mass is 32.2. The summed E-state index contributed by atoms with van der Waals surface area (Å²) in [6.45, 7) is 2.04. The molecule has 0 fully saturated rings. The number of para-hydroxylation sites is 1. The number of carbonyl (C=O) groups is 1. The zero-order chi connectivity index (χ0) is 22.2. The molecule has 0 N–H and O–H groups in total. The first-order chi connectivity index (χ1) is 14.8. The van der Waals surface area contributed by atoms with Crippen molar-refractivity contribution in [1.82, 2.24) is 0 Å². The van der Waals surface area contributed by atoms with E-state index in [-0.39, 0.29) is 16.8 Å². The van der Waals surface area contributed by atoms with Crippen molar-refractivity contribution in [2.24, 2.45) is 0 Å². The smallest absolute Gasteiger partial charge is 0.264 e. The second-order valence-corrected chi connectivity index (χ2v) is 10.4. The van der Waals surface area contributed by atoms with Gasteiger partial charge >= 0.3 is 0 Å². The Hall–Kier alpha value is -2.77. The molecule has 1 amide bonds. The highest BCUT2D eigenvalue weighted by Gasteiger charge is 2.31. The molecule has 4 rings (SSSR count). The van der Waals surface area contributed by atoms with Crippen LogP contribution >= 0.6 is 11.8 Å². The second-order valence-electron chi connectivity index (χ2n) is 7.55. The van der Waals surface area contributed by atoms with Crippen molar-refractivity contribution in [3.8, 4) is 0 Å². The van der Waals surface area contributed by atoms with Gasteiger partial charge in [0.1, 0.15) is 0 Å².